The molecule has 2 rings (SSSR count). The van der Waals surface area contributed by atoms with Crippen molar-refractivity contribution in [2.24, 2.45) is 0 Å². The zero-order valence-electron chi connectivity index (χ0n) is 12.4. The van der Waals surface area contributed by atoms with Crippen LogP contribution in [0, 0.1) is 0 Å². The SMILES string of the molecule is Nc1ccn(C2OC(COP(=O)([O-])[O-])C(O)[C@@H]2O)c(=O)n1.[Na+].[Na+]. The van der Waals surface area contributed by atoms with Crippen molar-refractivity contribution in [3.8, 4) is 0 Å². The zero-order valence-corrected chi connectivity index (χ0v) is 17.3. The number of anilines is 1. The molecule has 0 radical (unpaired) electrons. The first-order valence-corrected chi connectivity index (χ1v) is 7.18. The summed E-state index contributed by atoms with van der Waals surface area (Å²) in [5, 5.41) is 19.6. The topological polar surface area (TPSA) is 183 Å². The molecule has 4 atom stereocenters. The van der Waals surface area contributed by atoms with Gasteiger partial charge in [-0.1, -0.05) is 0 Å². The van der Waals surface area contributed by atoms with Gasteiger partial charge in [0, 0.05) is 6.20 Å². The Hall–Kier alpha value is 0.670. The summed E-state index contributed by atoms with van der Waals surface area (Å²) in [5.74, 6) is -0.0391. The second kappa shape index (κ2) is 9.39. The summed E-state index contributed by atoms with van der Waals surface area (Å²) in [6.07, 6.45) is -4.51. The molecule has 1 aromatic heterocycles. The van der Waals surface area contributed by atoms with Crippen LogP contribution < -0.4 is 80.3 Å². The van der Waals surface area contributed by atoms with Crippen molar-refractivity contribution in [3.05, 3.63) is 22.7 Å². The summed E-state index contributed by atoms with van der Waals surface area (Å²) in [7, 11) is -5.24. The van der Waals surface area contributed by atoms with E-state index in [2.05, 4.69) is 9.51 Å². The zero-order chi connectivity index (χ0) is 15.8. The molecule has 1 aromatic rings. The Bertz CT molecular complexity index is 625. The van der Waals surface area contributed by atoms with Gasteiger partial charge in [0.1, 0.15) is 24.1 Å². The minimum atomic E-state index is -5.24. The van der Waals surface area contributed by atoms with Gasteiger partial charge in [0.25, 0.3) is 0 Å². The number of rotatable bonds is 4. The molecule has 0 bridgehead atoms. The van der Waals surface area contributed by atoms with Crippen LogP contribution in [0.25, 0.3) is 0 Å². The Morgan fingerprint density at radius 3 is 2.52 bits per heavy atom. The second-order valence-corrected chi connectivity index (χ2v) is 5.48. The number of aliphatic hydroxyl groups excluding tert-OH is 2. The Morgan fingerprint density at radius 1 is 1.39 bits per heavy atom. The molecule has 0 amide bonds. The molecule has 4 N–H and O–H groups in total. The van der Waals surface area contributed by atoms with E-state index in [9.17, 15) is 29.4 Å². The first-order valence-electron chi connectivity index (χ1n) is 5.72. The Kier molecular flexibility index (Phi) is 9.66. The minimum absolute atomic E-state index is 0. The van der Waals surface area contributed by atoms with Crippen molar-refractivity contribution in [1.29, 1.82) is 0 Å². The molecule has 3 unspecified atom stereocenters. The van der Waals surface area contributed by atoms with Crippen LogP contribution in [0.4, 0.5) is 5.82 Å². The molecule has 11 nitrogen and oxygen atoms in total. The fourth-order valence-electron chi connectivity index (χ4n) is 1.88. The van der Waals surface area contributed by atoms with Crippen LogP contribution in [-0.4, -0.2) is 44.7 Å². The van der Waals surface area contributed by atoms with Crippen molar-refractivity contribution in [1.82, 2.24) is 9.55 Å². The van der Waals surface area contributed by atoms with Crippen LogP contribution in [0.3, 0.4) is 0 Å². The third kappa shape index (κ3) is 6.15. The van der Waals surface area contributed by atoms with Crippen molar-refractivity contribution >= 4 is 13.6 Å². The first-order chi connectivity index (χ1) is 9.69. The van der Waals surface area contributed by atoms with Gasteiger partial charge in [-0.15, -0.1) is 0 Å². The van der Waals surface area contributed by atoms with Crippen LogP contribution in [0.2, 0.25) is 0 Å². The number of hydrogen-bond acceptors (Lipinski definition) is 10. The average molecular weight is 367 g/mol. The molecule has 23 heavy (non-hydrogen) atoms. The molecule has 1 aliphatic rings. The van der Waals surface area contributed by atoms with Crippen LogP contribution >= 0.6 is 7.82 Å². The quantitative estimate of drug-likeness (QED) is 0.341. The molecule has 14 heteroatoms. The molecular weight excluding hydrogens is 355 g/mol. The third-order valence-corrected chi connectivity index (χ3v) is 3.33. The van der Waals surface area contributed by atoms with Crippen LogP contribution in [0.15, 0.2) is 17.1 Å². The Morgan fingerprint density at radius 2 is 2.00 bits per heavy atom. The maximum Gasteiger partial charge on any atom is 1.00 e. The number of aromatic nitrogens is 2. The van der Waals surface area contributed by atoms with Gasteiger partial charge in [0.05, 0.1) is 14.4 Å². The van der Waals surface area contributed by atoms with Crippen molar-refractivity contribution < 1.29 is 92.9 Å². The predicted molar refractivity (Wildman–Crippen MR) is 62.4 cm³/mol. The molecule has 0 aromatic carbocycles. The van der Waals surface area contributed by atoms with Gasteiger partial charge in [-0.2, -0.15) is 4.98 Å². The number of hydrogen-bond donors (Lipinski definition) is 3. The minimum Gasteiger partial charge on any atom is -0.790 e. The maximum absolute atomic E-state index is 11.6. The van der Waals surface area contributed by atoms with Gasteiger partial charge in [-0.25, -0.2) is 4.79 Å². The molecule has 2 heterocycles. The average Bonchev–Trinajstić information content (AvgIpc) is 2.64. The van der Waals surface area contributed by atoms with E-state index < -0.39 is 44.7 Å². The molecule has 0 saturated carbocycles. The number of nitrogen functional groups attached to an aromatic ring is 1. The fraction of sp³-hybridized carbons (Fsp3) is 0.556. The summed E-state index contributed by atoms with van der Waals surface area (Å²) < 4.78 is 20.4. The summed E-state index contributed by atoms with van der Waals surface area (Å²) in [4.78, 5) is 35.8. The second-order valence-electron chi connectivity index (χ2n) is 4.33. The molecule has 1 saturated heterocycles. The van der Waals surface area contributed by atoms with Crippen LogP contribution in [0.5, 0.6) is 0 Å². The van der Waals surface area contributed by atoms with Gasteiger partial charge >= 0.3 is 64.8 Å². The summed E-state index contributed by atoms with van der Waals surface area (Å²) in [5.41, 5.74) is 4.49. The van der Waals surface area contributed by atoms with Gasteiger partial charge < -0.3 is 39.6 Å². The van der Waals surface area contributed by atoms with E-state index >= 15 is 0 Å². The van der Waals surface area contributed by atoms with Crippen LogP contribution in [-0.2, 0) is 13.8 Å². The van der Waals surface area contributed by atoms with E-state index in [0.29, 0.717) is 0 Å². The summed E-state index contributed by atoms with van der Waals surface area (Å²) in [6, 6.07) is 1.27. The molecule has 1 aliphatic heterocycles. The van der Waals surface area contributed by atoms with Crippen LogP contribution in [0.1, 0.15) is 6.23 Å². The number of nitrogens with zero attached hydrogens (tertiary/aromatic N) is 2. The Labute approximate surface area is 174 Å². The van der Waals surface area contributed by atoms with E-state index in [4.69, 9.17) is 10.5 Å². The summed E-state index contributed by atoms with van der Waals surface area (Å²) >= 11 is 0. The van der Waals surface area contributed by atoms with E-state index in [1.807, 2.05) is 0 Å². The van der Waals surface area contributed by atoms with E-state index in [1.54, 1.807) is 0 Å². The fourth-order valence-corrected chi connectivity index (χ4v) is 2.21. The number of phosphoric ester groups is 1. The van der Waals surface area contributed by atoms with E-state index in [0.717, 1.165) is 4.57 Å². The van der Waals surface area contributed by atoms with E-state index in [1.165, 1.54) is 12.3 Å². The standard InChI is InChI=1S/C9H14N3O8P.2Na/c10-5-1-2-12(9(15)11-5)8-7(14)6(13)4(20-8)3-19-21(16,17)18;;/h1-2,4,6-8,13-14H,3H2,(H2,10,11,15)(H2,16,17,18);;/q;2*+1/p-2/t4?,6?,7-,8?;;/m0../s1. The predicted octanol–water partition coefficient (Wildman–Crippen LogP) is -9.70. The van der Waals surface area contributed by atoms with Gasteiger partial charge in [0.15, 0.2) is 6.23 Å². The van der Waals surface area contributed by atoms with Crippen molar-refractivity contribution in [3.63, 3.8) is 0 Å². The number of phosphoric acid groups is 1. The summed E-state index contributed by atoms with van der Waals surface area (Å²) in [6.45, 7) is -0.782. The van der Waals surface area contributed by atoms with Gasteiger partial charge in [-0.05, 0) is 6.07 Å². The van der Waals surface area contributed by atoms with Gasteiger partial charge in [0.2, 0.25) is 0 Å². The molecule has 118 valence electrons. The number of nitrogens with two attached hydrogens (primary N) is 1. The normalized spacial score (nSPS) is 27.1. The van der Waals surface area contributed by atoms with Gasteiger partial charge in [-0.3, -0.25) is 4.57 Å². The monoisotopic (exact) mass is 367 g/mol. The number of aliphatic hydroxyl groups is 2. The number of ether oxygens (including phenoxy) is 1. The Balaban J connectivity index is 0.00000242. The maximum atomic E-state index is 11.6. The van der Waals surface area contributed by atoms with Crippen molar-refractivity contribution in [2.45, 2.75) is 24.5 Å². The van der Waals surface area contributed by atoms with Crippen molar-refractivity contribution in [2.75, 3.05) is 12.3 Å². The smallest absolute Gasteiger partial charge is 0.790 e. The molecule has 0 aliphatic carbocycles. The molecule has 0 spiro atoms. The molecular formula is C9H12N3Na2O8P. The third-order valence-electron chi connectivity index (χ3n) is 2.86. The molecule has 1 fully saturated rings. The largest absolute Gasteiger partial charge is 1.00 e. The first kappa shape index (κ1) is 23.7. The van der Waals surface area contributed by atoms with E-state index in [-0.39, 0.29) is 64.9 Å².